The molecule has 0 heterocycles. The summed E-state index contributed by atoms with van der Waals surface area (Å²) in [5, 5.41) is 6.63. The van der Waals surface area contributed by atoms with Crippen LogP contribution in [0.4, 0.5) is 5.69 Å². The van der Waals surface area contributed by atoms with Gasteiger partial charge in [0.25, 0.3) is 5.91 Å². The molecule has 0 aliphatic heterocycles. The first kappa shape index (κ1) is 22.4. The Labute approximate surface area is 185 Å². The van der Waals surface area contributed by atoms with Crippen molar-refractivity contribution in [2.24, 2.45) is 0 Å². The molecule has 0 aromatic heterocycles. The second-order valence-corrected chi connectivity index (χ2v) is 7.60. The smallest absolute Gasteiger partial charge is 0.251 e. The Morgan fingerprint density at radius 1 is 0.871 bits per heavy atom. The molecule has 31 heavy (non-hydrogen) atoms. The van der Waals surface area contributed by atoms with Gasteiger partial charge in [0.1, 0.15) is 5.75 Å². The summed E-state index contributed by atoms with van der Waals surface area (Å²) in [5.41, 5.74) is 2.90. The molecule has 1 atom stereocenters. The summed E-state index contributed by atoms with van der Waals surface area (Å²) >= 11 is 0. The minimum atomic E-state index is -0.0464. The highest BCUT2D eigenvalue weighted by Gasteiger charge is 2.13. The number of anilines is 1. The molecule has 3 rings (SSSR count). The molecule has 0 fully saturated rings. The zero-order valence-corrected chi connectivity index (χ0v) is 18.2. The van der Waals surface area contributed by atoms with Crippen molar-refractivity contribution in [3.63, 3.8) is 0 Å². The van der Waals surface area contributed by atoms with E-state index >= 15 is 0 Å². The molecule has 4 nitrogen and oxygen atoms in total. The zero-order valence-electron chi connectivity index (χ0n) is 18.2. The molecule has 1 amide bonds. The first-order valence-electron chi connectivity index (χ1n) is 11.1. The molecule has 4 heteroatoms. The first-order valence-corrected chi connectivity index (χ1v) is 11.1. The maximum absolute atomic E-state index is 12.4. The Kier molecular flexibility index (Phi) is 8.99. The Hall–Kier alpha value is -3.27. The summed E-state index contributed by atoms with van der Waals surface area (Å²) in [5.74, 6) is 0.852. The lowest BCUT2D eigenvalue weighted by atomic mass is 10.0. The van der Waals surface area contributed by atoms with Gasteiger partial charge in [0.15, 0.2) is 0 Å². The second kappa shape index (κ2) is 12.4. The number of para-hydroxylation sites is 1. The number of amides is 1. The Bertz CT molecular complexity index is 896. The van der Waals surface area contributed by atoms with Crippen LogP contribution in [0.5, 0.6) is 5.75 Å². The maximum Gasteiger partial charge on any atom is 0.251 e. The van der Waals surface area contributed by atoms with Crippen molar-refractivity contribution >= 4 is 11.6 Å². The Morgan fingerprint density at radius 2 is 1.55 bits per heavy atom. The van der Waals surface area contributed by atoms with Gasteiger partial charge >= 0.3 is 0 Å². The summed E-state index contributed by atoms with van der Waals surface area (Å²) in [7, 11) is 0. The molecule has 0 aliphatic carbocycles. The molecule has 0 saturated heterocycles. The third kappa shape index (κ3) is 7.49. The van der Waals surface area contributed by atoms with Crippen molar-refractivity contribution in [1.29, 1.82) is 0 Å². The van der Waals surface area contributed by atoms with E-state index in [1.807, 2.05) is 60.7 Å². The minimum Gasteiger partial charge on any atom is -0.494 e. The van der Waals surface area contributed by atoms with E-state index in [2.05, 4.69) is 41.8 Å². The largest absolute Gasteiger partial charge is 0.494 e. The second-order valence-electron chi connectivity index (χ2n) is 7.60. The number of hydrogen-bond donors (Lipinski definition) is 2. The van der Waals surface area contributed by atoms with Gasteiger partial charge in [-0.15, -0.1) is 0 Å². The lowest BCUT2D eigenvalue weighted by Gasteiger charge is -2.21. The highest BCUT2D eigenvalue weighted by atomic mass is 16.5. The van der Waals surface area contributed by atoms with E-state index in [9.17, 15) is 4.79 Å². The van der Waals surface area contributed by atoms with Gasteiger partial charge < -0.3 is 15.4 Å². The van der Waals surface area contributed by atoms with E-state index in [0.29, 0.717) is 12.1 Å². The van der Waals surface area contributed by atoms with Crippen LogP contribution in [0.2, 0.25) is 0 Å². The standard InChI is InChI=1S/C27H32N2O2/c1-2-3-10-21-31-25-17-15-22(16-18-25)26(29-24-13-8-5-9-14-24)19-20-28-27(30)23-11-6-4-7-12-23/h4-9,11-18,26,29H,2-3,10,19-21H2,1H3,(H,28,30). The highest BCUT2D eigenvalue weighted by Crippen LogP contribution is 2.24. The third-order valence-corrected chi connectivity index (χ3v) is 5.17. The van der Waals surface area contributed by atoms with E-state index in [-0.39, 0.29) is 11.9 Å². The Balaban J connectivity index is 1.61. The lowest BCUT2D eigenvalue weighted by molar-refractivity contribution is 0.0952. The van der Waals surface area contributed by atoms with Crippen molar-refractivity contribution in [3.8, 4) is 5.75 Å². The minimum absolute atomic E-state index is 0.0464. The van der Waals surface area contributed by atoms with Gasteiger partial charge in [-0.05, 0) is 54.8 Å². The normalized spacial score (nSPS) is 11.5. The summed E-state index contributed by atoms with van der Waals surface area (Å²) < 4.78 is 5.85. The van der Waals surface area contributed by atoms with Crippen LogP contribution in [0.15, 0.2) is 84.9 Å². The number of unbranched alkanes of at least 4 members (excludes halogenated alkanes) is 2. The molecule has 0 bridgehead atoms. The number of carbonyl (C=O) groups is 1. The summed E-state index contributed by atoms with van der Waals surface area (Å²) in [6, 6.07) is 27.8. The molecule has 2 N–H and O–H groups in total. The van der Waals surface area contributed by atoms with Crippen molar-refractivity contribution < 1.29 is 9.53 Å². The molecule has 0 radical (unpaired) electrons. The van der Waals surface area contributed by atoms with Crippen molar-refractivity contribution in [1.82, 2.24) is 5.32 Å². The van der Waals surface area contributed by atoms with Crippen LogP contribution in [0.3, 0.4) is 0 Å². The van der Waals surface area contributed by atoms with E-state index < -0.39 is 0 Å². The monoisotopic (exact) mass is 416 g/mol. The van der Waals surface area contributed by atoms with E-state index in [0.717, 1.165) is 30.9 Å². The fourth-order valence-electron chi connectivity index (χ4n) is 3.42. The van der Waals surface area contributed by atoms with Crippen LogP contribution in [0.1, 0.15) is 54.6 Å². The fraction of sp³-hybridized carbons (Fsp3) is 0.296. The van der Waals surface area contributed by atoms with Gasteiger partial charge in [-0.2, -0.15) is 0 Å². The molecule has 0 saturated carbocycles. The summed E-state index contributed by atoms with van der Waals surface area (Å²) in [6.45, 7) is 3.52. The van der Waals surface area contributed by atoms with Crippen LogP contribution >= 0.6 is 0 Å². The first-order chi connectivity index (χ1) is 15.3. The number of ether oxygens (including phenoxy) is 1. The zero-order chi connectivity index (χ0) is 21.7. The van der Waals surface area contributed by atoms with Crippen LogP contribution in [0.25, 0.3) is 0 Å². The molecule has 162 valence electrons. The number of nitrogens with one attached hydrogen (secondary N) is 2. The average molecular weight is 417 g/mol. The van der Waals surface area contributed by atoms with Crippen molar-refractivity contribution in [2.75, 3.05) is 18.5 Å². The Morgan fingerprint density at radius 3 is 2.23 bits per heavy atom. The molecule has 0 aliphatic rings. The van der Waals surface area contributed by atoms with Gasteiger partial charge in [0.2, 0.25) is 0 Å². The molecule has 1 unspecified atom stereocenters. The molecule has 3 aromatic carbocycles. The number of hydrogen-bond acceptors (Lipinski definition) is 3. The maximum atomic E-state index is 12.4. The molecule has 3 aromatic rings. The predicted molar refractivity (Wildman–Crippen MR) is 128 cm³/mol. The van der Waals surface area contributed by atoms with Gasteiger partial charge in [0.05, 0.1) is 12.6 Å². The van der Waals surface area contributed by atoms with Crippen LogP contribution in [-0.2, 0) is 0 Å². The SMILES string of the molecule is CCCCCOc1ccc(C(CCNC(=O)c2ccccc2)Nc2ccccc2)cc1. The quantitative estimate of drug-likeness (QED) is 0.344. The van der Waals surface area contributed by atoms with Gasteiger partial charge in [-0.1, -0.05) is 68.3 Å². The van der Waals surface area contributed by atoms with Crippen molar-refractivity contribution in [3.05, 3.63) is 96.1 Å². The predicted octanol–water partition coefficient (Wildman–Crippen LogP) is 6.23. The van der Waals surface area contributed by atoms with E-state index in [4.69, 9.17) is 4.74 Å². The van der Waals surface area contributed by atoms with Gasteiger partial charge in [0, 0.05) is 17.8 Å². The average Bonchev–Trinajstić information content (AvgIpc) is 2.83. The topological polar surface area (TPSA) is 50.4 Å². The highest BCUT2D eigenvalue weighted by molar-refractivity contribution is 5.94. The van der Waals surface area contributed by atoms with Gasteiger partial charge in [-0.25, -0.2) is 0 Å². The van der Waals surface area contributed by atoms with E-state index in [1.165, 1.54) is 18.4 Å². The summed E-state index contributed by atoms with van der Waals surface area (Å²) in [4.78, 5) is 12.4. The molecular weight excluding hydrogens is 384 g/mol. The number of benzene rings is 3. The number of rotatable bonds is 12. The van der Waals surface area contributed by atoms with Crippen LogP contribution in [0, 0.1) is 0 Å². The van der Waals surface area contributed by atoms with E-state index in [1.54, 1.807) is 0 Å². The fourth-order valence-corrected chi connectivity index (χ4v) is 3.42. The van der Waals surface area contributed by atoms with Crippen LogP contribution < -0.4 is 15.4 Å². The van der Waals surface area contributed by atoms with Crippen molar-refractivity contribution in [2.45, 2.75) is 38.6 Å². The lowest BCUT2D eigenvalue weighted by Crippen LogP contribution is -2.27. The number of carbonyl (C=O) groups excluding carboxylic acids is 1. The third-order valence-electron chi connectivity index (χ3n) is 5.17. The summed E-state index contributed by atoms with van der Waals surface area (Å²) in [6.07, 6.45) is 4.23. The van der Waals surface area contributed by atoms with Crippen LogP contribution in [-0.4, -0.2) is 19.1 Å². The van der Waals surface area contributed by atoms with Gasteiger partial charge in [-0.3, -0.25) is 4.79 Å². The molecule has 0 spiro atoms. The molecular formula is C27H32N2O2.